The lowest BCUT2D eigenvalue weighted by molar-refractivity contribution is 0.0695. The van der Waals surface area contributed by atoms with Crippen molar-refractivity contribution in [3.8, 4) is 28.6 Å². The van der Waals surface area contributed by atoms with Gasteiger partial charge in [-0.3, -0.25) is 0 Å². The van der Waals surface area contributed by atoms with Gasteiger partial charge < -0.3 is 24.5 Å². The molecule has 8 heteroatoms. The molecule has 1 aliphatic rings. The highest BCUT2D eigenvalue weighted by atomic mass is 35.5. The summed E-state index contributed by atoms with van der Waals surface area (Å²) >= 11 is 6.61. The van der Waals surface area contributed by atoms with Gasteiger partial charge >= 0.3 is 5.97 Å². The highest BCUT2D eigenvalue weighted by Gasteiger charge is 2.18. The Hall–Kier alpha value is -3.71. The fourth-order valence-electron chi connectivity index (χ4n) is 4.02. The molecule has 0 unspecified atom stereocenters. The number of rotatable bonds is 4. The largest absolute Gasteiger partial charge is 0.490 e. The molecule has 0 atom stereocenters. The van der Waals surface area contributed by atoms with Crippen molar-refractivity contribution in [1.29, 1.82) is 0 Å². The summed E-state index contributed by atoms with van der Waals surface area (Å²) in [6, 6.07) is 13.3. The summed E-state index contributed by atoms with van der Waals surface area (Å²) in [4.78, 5) is 21.3. The molecule has 4 aromatic rings. The maximum Gasteiger partial charge on any atom is 0.336 e. The first-order chi connectivity index (χ1) is 15.8. The second kappa shape index (κ2) is 8.01. The highest BCUT2D eigenvalue weighted by Crippen LogP contribution is 2.39. The number of nitrogens with zero attached hydrogens (tertiary/aromatic N) is 2. The number of H-pyrrole nitrogens is 1. The second-order valence-electron chi connectivity index (χ2n) is 8.16. The van der Waals surface area contributed by atoms with Crippen LogP contribution in [0.15, 0.2) is 42.5 Å². The minimum absolute atomic E-state index is 0.201. The Bertz CT molecular complexity index is 1410. The number of nitrogens with one attached hydrogen (secondary N) is 1. The molecule has 0 aliphatic carbocycles. The lowest BCUT2D eigenvalue weighted by Gasteiger charge is -2.28. The Morgan fingerprint density at radius 1 is 1.21 bits per heavy atom. The van der Waals surface area contributed by atoms with E-state index in [0.29, 0.717) is 28.5 Å². The first-order valence-corrected chi connectivity index (χ1v) is 10.9. The molecule has 0 radical (unpaired) electrons. The van der Waals surface area contributed by atoms with Crippen LogP contribution in [0.2, 0.25) is 5.02 Å². The molecule has 1 aromatic heterocycles. The van der Waals surface area contributed by atoms with Crippen molar-refractivity contribution >= 4 is 34.3 Å². The number of aromatic nitrogens is 2. The van der Waals surface area contributed by atoms with Crippen LogP contribution in [0.3, 0.4) is 0 Å². The van der Waals surface area contributed by atoms with Gasteiger partial charge in [0.15, 0.2) is 0 Å². The third-order valence-corrected chi connectivity index (χ3v) is 6.31. The van der Waals surface area contributed by atoms with E-state index in [1.165, 1.54) is 6.07 Å². The van der Waals surface area contributed by atoms with Crippen molar-refractivity contribution in [3.63, 3.8) is 0 Å². The third-order valence-electron chi connectivity index (χ3n) is 6.00. The predicted molar refractivity (Wildman–Crippen MR) is 128 cm³/mol. The fraction of sp³-hybridized carbons (Fsp3) is 0.200. The number of halogens is 1. The van der Waals surface area contributed by atoms with Crippen molar-refractivity contribution in [3.05, 3.63) is 64.2 Å². The zero-order chi connectivity index (χ0) is 23.3. The van der Waals surface area contributed by atoms with E-state index in [0.717, 1.165) is 40.2 Å². The molecule has 0 fully saturated rings. The normalized spacial score (nSPS) is 13.0. The van der Waals surface area contributed by atoms with Crippen LogP contribution in [0.1, 0.15) is 21.5 Å². The molecule has 0 saturated carbocycles. The van der Waals surface area contributed by atoms with Gasteiger partial charge in [-0.05, 0) is 66.9 Å². The summed E-state index contributed by atoms with van der Waals surface area (Å²) in [5, 5.41) is 10.0. The number of aryl methyl sites for hydroxylation is 1. The number of anilines is 1. The summed E-state index contributed by atoms with van der Waals surface area (Å²) in [5.74, 6) is 0.228. The molecule has 7 nitrogen and oxygen atoms in total. The Labute approximate surface area is 195 Å². The molecule has 0 spiro atoms. The van der Waals surface area contributed by atoms with Gasteiger partial charge in [-0.25, -0.2) is 4.79 Å². The number of carboxylic acid groups (broad SMARTS) is 1. The summed E-state index contributed by atoms with van der Waals surface area (Å²) in [7, 11) is 2.04. The first-order valence-electron chi connectivity index (χ1n) is 10.5. The number of aromatic carboxylic acids is 1. The summed E-state index contributed by atoms with van der Waals surface area (Å²) in [6.07, 6.45) is 0. The van der Waals surface area contributed by atoms with Crippen molar-refractivity contribution in [1.82, 2.24) is 9.97 Å². The average Bonchev–Trinajstić information content (AvgIpc) is 3.16. The molecule has 0 saturated heterocycles. The van der Waals surface area contributed by atoms with Gasteiger partial charge in [0.05, 0.1) is 33.9 Å². The SMILES string of the molecule is Cc1cc(Oc2nc3cc(-c4ccc5c(c4)OCCN5C)c(Cl)cc3[nH]2)cc(C(=O)O)c1C. The standard InChI is InChI=1S/C25H22ClN3O4/c1-13-8-16(10-17(14(13)2)24(30)31)33-25-27-20-11-18(19(26)12-21(20)28-25)15-4-5-22-23(9-15)32-7-6-29(22)3/h4-5,8-12H,6-7H2,1-3H3,(H,27,28)(H,30,31). The zero-order valence-electron chi connectivity index (χ0n) is 18.4. The number of fused-ring (bicyclic) bond motifs is 2. The molecule has 2 N–H and O–H groups in total. The van der Waals surface area contributed by atoms with Gasteiger partial charge in [0, 0.05) is 12.6 Å². The second-order valence-corrected chi connectivity index (χ2v) is 8.57. The van der Waals surface area contributed by atoms with Gasteiger partial charge in [0.2, 0.25) is 0 Å². The molecule has 168 valence electrons. The topological polar surface area (TPSA) is 87.7 Å². The van der Waals surface area contributed by atoms with E-state index in [-0.39, 0.29) is 11.6 Å². The third kappa shape index (κ3) is 3.85. The van der Waals surface area contributed by atoms with Crippen molar-refractivity contribution in [2.75, 3.05) is 25.1 Å². The quantitative estimate of drug-likeness (QED) is 0.396. The lowest BCUT2D eigenvalue weighted by atomic mass is 10.0. The molecule has 0 amide bonds. The molecule has 5 rings (SSSR count). The van der Waals surface area contributed by atoms with E-state index >= 15 is 0 Å². The van der Waals surface area contributed by atoms with E-state index in [4.69, 9.17) is 21.1 Å². The number of carboxylic acids is 1. The predicted octanol–water partition coefficient (Wildman–Crippen LogP) is 5.82. The Morgan fingerprint density at radius 3 is 2.82 bits per heavy atom. The Kier molecular flexibility index (Phi) is 5.13. The van der Waals surface area contributed by atoms with Crippen LogP contribution >= 0.6 is 11.6 Å². The van der Waals surface area contributed by atoms with Crippen LogP contribution in [0.5, 0.6) is 17.5 Å². The molecular formula is C25H22ClN3O4. The van der Waals surface area contributed by atoms with Gasteiger partial charge in [0.1, 0.15) is 18.1 Å². The smallest absolute Gasteiger partial charge is 0.336 e. The number of ether oxygens (including phenoxy) is 2. The first kappa shape index (κ1) is 21.2. The average molecular weight is 464 g/mol. The van der Waals surface area contributed by atoms with Gasteiger partial charge in [-0.15, -0.1) is 0 Å². The van der Waals surface area contributed by atoms with Crippen LogP contribution in [0.4, 0.5) is 5.69 Å². The fourth-order valence-corrected chi connectivity index (χ4v) is 4.29. The number of hydrogen-bond acceptors (Lipinski definition) is 5. The van der Waals surface area contributed by atoms with Crippen LogP contribution in [0.25, 0.3) is 22.2 Å². The van der Waals surface area contributed by atoms with E-state index in [1.54, 1.807) is 13.0 Å². The van der Waals surface area contributed by atoms with Crippen LogP contribution in [-0.2, 0) is 0 Å². The maximum atomic E-state index is 11.5. The van der Waals surface area contributed by atoms with Gasteiger partial charge in [-0.1, -0.05) is 17.7 Å². The molecule has 33 heavy (non-hydrogen) atoms. The highest BCUT2D eigenvalue weighted by molar-refractivity contribution is 6.34. The van der Waals surface area contributed by atoms with E-state index in [1.807, 2.05) is 44.3 Å². The summed E-state index contributed by atoms with van der Waals surface area (Å²) in [5.41, 5.74) is 5.95. The van der Waals surface area contributed by atoms with Crippen molar-refractivity contribution in [2.24, 2.45) is 0 Å². The van der Waals surface area contributed by atoms with Crippen LogP contribution in [-0.4, -0.2) is 41.2 Å². The van der Waals surface area contributed by atoms with Crippen molar-refractivity contribution in [2.45, 2.75) is 13.8 Å². The summed E-state index contributed by atoms with van der Waals surface area (Å²) < 4.78 is 11.7. The number of likely N-dealkylation sites (N-methyl/N-ethyl adjacent to an activating group) is 1. The van der Waals surface area contributed by atoms with E-state index in [2.05, 4.69) is 14.9 Å². The molecular weight excluding hydrogens is 442 g/mol. The van der Waals surface area contributed by atoms with E-state index < -0.39 is 5.97 Å². The van der Waals surface area contributed by atoms with Crippen LogP contribution in [0, 0.1) is 13.8 Å². The zero-order valence-corrected chi connectivity index (χ0v) is 19.2. The van der Waals surface area contributed by atoms with Crippen LogP contribution < -0.4 is 14.4 Å². The lowest BCUT2D eigenvalue weighted by Crippen LogP contribution is -2.28. The minimum atomic E-state index is -0.998. The number of hydrogen-bond donors (Lipinski definition) is 2. The van der Waals surface area contributed by atoms with E-state index in [9.17, 15) is 9.90 Å². The van der Waals surface area contributed by atoms with Gasteiger partial charge in [-0.2, -0.15) is 4.98 Å². The molecule has 3 aromatic carbocycles. The number of imidazole rings is 1. The van der Waals surface area contributed by atoms with Crippen molar-refractivity contribution < 1.29 is 19.4 Å². The Balaban J connectivity index is 1.50. The molecule has 1 aliphatic heterocycles. The molecule has 2 heterocycles. The van der Waals surface area contributed by atoms with Gasteiger partial charge in [0.25, 0.3) is 6.01 Å². The monoisotopic (exact) mass is 463 g/mol. The maximum absolute atomic E-state index is 11.5. The minimum Gasteiger partial charge on any atom is -0.490 e. The number of aromatic amines is 1. The molecule has 0 bridgehead atoms. The summed E-state index contributed by atoms with van der Waals surface area (Å²) in [6.45, 7) is 5.11. The Morgan fingerprint density at radius 2 is 2.03 bits per heavy atom. The number of carbonyl (C=O) groups is 1. The number of benzene rings is 3.